The molecule has 23 heavy (non-hydrogen) atoms. The molecule has 0 aliphatic heterocycles. The summed E-state index contributed by atoms with van der Waals surface area (Å²) in [6, 6.07) is 10.4. The van der Waals surface area contributed by atoms with Gasteiger partial charge in [-0.25, -0.2) is 0 Å². The number of carbonyl (C=O) groups excluding carboxylic acids is 1. The van der Waals surface area contributed by atoms with E-state index in [9.17, 15) is 13.2 Å². The first kappa shape index (κ1) is 18.6. The maximum Gasteiger partial charge on any atom is 0.511 e. The van der Waals surface area contributed by atoms with Gasteiger partial charge >= 0.3 is 16.1 Å². The summed E-state index contributed by atoms with van der Waals surface area (Å²) in [6.07, 6.45) is 3.01. The van der Waals surface area contributed by atoms with Crippen LogP contribution in [0.3, 0.4) is 0 Å². The normalized spacial score (nSPS) is 10.3. The van der Waals surface area contributed by atoms with Gasteiger partial charge < -0.3 is 4.90 Å². The number of hydrogen-bond donors (Lipinski definition) is 1. The fourth-order valence-corrected chi connectivity index (χ4v) is 2.65. The number of hydrogen-bond acceptors (Lipinski definition) is 4. The summed E-state index contributed by atoms with van der Waals surface area (Å²) in [6.45, 7) is 4.00. The lowest BCUT2D eigenvalue weighted by Crippen LogP contribution is -2.51. The molecule has 0 radical (unpaired) electrons. The molecule has 0 fully saturated rings. The Labute approximate surface area is 137 Å². The monoisotopic (exact) mass is 336 g/mol. The smallest absolute Gasteiger partial charge is 0.377 e. The molecule has 0 atom stereocenters. The number of sulfonamides is 1. The zero-order valence-corrected chi connectivity index (χ0v) is 14.5. The van der Waals surface area contributed by atoms with Crippen molar-refractivity contribution in [3.8, 4) is 0 Å². The van der Waals surface area contributed by atoms with Crippen LogP contribution in [-0.4, -0.2) is 28.5 Å². The van der Waals surface area contributed by atoms with Crippen LogP contribution >= 0.6 is 0 Å². The van der Waals surface area contributed by atoms with Crippen LogP contribution in [-0.2, 0) is 10.0 Å². The predicted molar refractivity (Wildman–Crippen MR) is 89.9 cm³/mol. The lowest BCUT2D eigenvalue weighted by molar-refractivity contribution is -0.570. The van der Waals surface area contributed by atoms with Gasteiger partial charge in [0, 0.05) is 31.9 Å². The van der Waals surface area contributed by atoms with E-state index in [0.717, 1.165) is 5.69 Å². The minimum Gasteiger partial charge on any atom is -0.377 e. The van der Waals surface area contributed by atoms with E-state index in [2.05, 4.69) is 0 Å². The van der Waals surface area contributed by atoms with Crippen LogP contribution < -0.4 is 14.2 Å². The van der Waals surface area contributed by atoms with Crippen molar-refractivity contribution in [2.45, 2.75) is 18.7 Å². The molecular formula is C16H22N3O3S+. The van der Waals surface area contributed by atoms with Gasteiger partial charge in [-0.05, 0) is 12.1 Å². The van der Waals surface area contributed by atoms with Crippen LogP contribution in [0.25, 0.3) is 0 Å². The van der Waals surface area contributed by atoms with Crippen LogP contribution in [0.4, 0.5) is 10.5 Å². The Hall–Kier alpha value is -2.41. The molecule has 2 aromatic rings. The molecule has 1 aromatic heterocycles. The summed E-state index contributed by atoms with van der Waals surface area (Å²) < 4.78 is 27.3. The largest absolute Gasteiger partial charge is 0.511 e. The number of pyridine rings is 1. The van der Waals surface area contributed by atoms with Gasteiger partial charge in [0.05, 0.1) is 0 Å². The molecule has 0 spiro atoms. The van der Waals surface area contributed by atoms with Crippen LogP contribution in [0, 0.1) is 0 Å². The van der Waals surface area contributed by atoms with Gasteiger partial charge in [0.2, 0.25) is 0 Å². The van der Waals surface area contributed by atoms with E-state index in [-0.39, 0.29) is 4.90 Å². The summed E-state index contributed by atoms with van der Waals surface area (Å²) >= 11 is 0. The lowest BCUT2D eigenvalue weighted by Gasteiger charge is -2.11. The number of nitrogens with one attached hydrogen (secondary N) is 1. The van der Waals surface area contributed by atoms with Crippen LogP contribution in [0.1, 0.15) is 13.8 Å². The van der Waals surface area contributed by atoms with Crippen molar-refractivity contribution >= 4 is 21.7 Å². The molecule has 0 unspecified atom stereocenters. The topological polar surface area (TPSA) is 70.4 Å². The highest BCUT2D eigenvalue weighted by molar-refractivity contribution is 7.90. The highest BCUT2D eigenvalue weighted by Crippen LogP contribution is 2.08. The minimum absolute atomic E-state index is 0.0452. The first-order chi connectivity index (χ1) is 10.9. The number of amides is 1. The third-order valence-electron chi connectivity index (χ3n) is 2.84. The third-order valence-corrected chi connectivity index (χ3v) is 4.17. The molecule has 0 bridgehead atoms. The summed E-state index contributed by atoms with van der Waals surface area (Å²) in [5.41, 5.74) is 0.907. The Morgan fingerprint density at radius 3 is 2.00 bits per heavy atom. The van der Waals surface area contributed by atoms with Crippen molar-refractivity contribution in [1.82, 2.24) is 4.72 Å². The summed E-state index contributed by atoms with van der Waals surface area (Å²) in [7, 11) is -0.116. The molecule has 7 heteroatoms. The van der Waals surface area contributed by atoms with Gasteiger partial charge in [0.25, 0.3) is 0 Å². The minimum atomic E-state index is -3.86. The SMILES string of the molecule is CC.CN(C)c1cc[n+](C(=O)NS(=O)(=O)c2ccccc2)cc1. The molecule has 2 rings (SSSR count). The Morgan fingerprint density at radius 1 is 1.00 bits per heavy atom. The number of carbonyl (C=O) groups is 1. The van der Waals surface area contributed by atoms with E-state index in [0.29, 0.717) is 0 Å². The van der Waals surface area contributed by atoms with Gasteiger partial charge in [-0.1, -0.05) is 32.0 Å². The van der Waals surface area contributed by atoms with Crippen molar-refractivity contribution < 1.29 is 17.8 Å². The van der Waals surface area contributed by atoms with Gasteiger partial charge in [0.1, 0.15) is 17.3 Å². The van der Waals surface area contributed by atoms with E-state index in [4.69, 9.17) is 0 Å². The quantitative estimate of drug-likeness (QED) is 0.871. The predicted octanol–water partition coefficient (Wildman–Crippen LogP) is 2.01. The van der Waals surface area contributed by atoms with Crippen molar-refractivity contribution in [2.24, 2.45) is 0 Å². The fraction of sp³-hybridized carbons (Fsp3) is 0.250. The molecule has 1 amide bonds. The van der Waals surface area contributed by atoms with Gasteiger partial charge in [0.15, 0.2) is 0 Å². The lowest BCUT2D eigenvalue weighted by atomic mass is 10.4. The molecule has 6 nitrogen and oxygen atoms in total. The Morgan fingerprint density at radius 2 is 1.52 bits per heavy atom. The molecular weight excluding hydrogens is 314 g/mol. The van der Waals surface area contributed by atoms with Gasteiger partial charge in [-0.15, -0.1) is 4.72 Å². The Balaban J connectivity index is 0.00000127. The summed E-state index contributed by atoms with van der Waals surface area (Å²) in [4.78, 5) is 13.9. The first-order valence-electron chi connectivity index (χ1n) is 7.21. The number of aromatic nitrogens is 1. The van der Waals surface area contributed by atoms with Crippen molar-refractivity contribution in [3.05, 3.63) is 54.9 Å². The fourth-order valence-electron chi connectivity index (χ4n) is 1.68. The molecule has 0 saturated carbocycles. The van der Waals surface area contributed by atoms with Crippen LogP contribution in [0.15, 0.2) is 59.8 Å². The second-order valence-electron chi connectivity index (χ2n) is 4.58. The molecule has 0 saturated heterocycles. The van der Waals surface area contributed by atoms with Crippen LogP contribution in [0.2, 0.25) is 0 Å². The maximum atomic E-state index is 12.0. The van der Waals surface area contributed by atoms with Crippen molar-refractivity contribution in [2.75, 3.05) is 19.0 Å². The molecule has 0 aliphatic rings. The molecule has 1 N–H and O–H groups in total. The van der Waals surface area contributed by atoms with Gasteiger partial charge in [-0.3, -0.25) is 0 Å². The number of benzene rings is 1. The maximum absolute atomic E-state index is 12.0. The third kappa shape index (κ3) is 5.07. The Bertz CT molecular complexity index is 727. The molecule has 1 aromatic carbocycles. The van der Waals surface area contributed by atoms with Crippen molar-refractivity contribution in [3.63, 3.8) is 0 Å². The van der Waals surface area contributed by atoms with E-state index in [1.807, 2.05) is 37.6 Å². The first-order valence-corrected chi connectivity index (χ1v) is 8.69. The van der Waals surface area contributed by atoms with Crippen LogP contribution in [0.5, 0.6) is 0 Å². The highest BCUT2D eigenvalue weighted by Gasteiger charge is 2.25. The zero-order valence-electron chi connectivity index (χ0n) is 13.7. The summed E-state index contributed by atoms with van der Waals surface area (Å²) in [5, 5.41) is 0. The standard InChI is InChI=1S/C14H15N3O3S.C2H6/c1-16(2)12-8-10-17(11-9-12)14(18)15-21(19,20)13-6-4-3-5-7-13;1-2/h3-11H,1-2H3;1-2H3/p+1. The average molecular weight is 336 g/mol. The van der Waals surface area contributed by atoms with E-state index >= 15 is 0 Å². The second kappa shape index (κ2) is 8.28. The second-order valence-corrected chi connectivity index (χ2v) is 6.26. The molecule has 124 valence electrons. The molecule has 0 aliphatic carbocycles. The average Bonchev–Trinajstić information content (AvgIpc) is 2.57. The van der Waals surface area contributed by atoms with E-state index in [1.54, 1.807) is 30.3 Å². The van der Waals surface area contributed by atoms with E-state index in [1.165, 1.54) is 29.1 Å². The summed E-state index contributed by atoms with van der Waals surface area (Å²) in [5.74, 6) is 0. The number of anilines is 1. The van der Waals surface area contributed by atoms with E-state index < -0.39 is 16.1 Å². The number of rotatable bonds is 3. The molecule has 1 heterocycles. The Kier molecular flexibility index (Phi) is 6.71. The highest BCUT2D eigenvalue weighted by atomic mass is 32.2. The van der Waals surface area contributed by atoms with Crippen molar-refractivity contribution in [1.29, 1.82) is 0 Å². The van der Waals surface area contributed by atoms with Gasteiger partial charge in [-0.2, -0.15) is 17.8 Å². The zero-order chi connectivity index (χ0) is 17.5. The number of nitrogens with zero attached hydrogens (tertiary/aromatic N) is 2.